The number of halogens is 1. The Bertz CT molecular complexity index is 565. The summed E-state index contributed by atoms with van der Waals surface area (Å²) in [5, 5.41) is 2.78. The Hall–Kier alpha value is -1.91. The number of hydrogen-bond donors (Lipinski definition) is 1. The van der Waals surface area contributed by atoms with Gasteiger partial charge in [-0.3, -0.25) is 4.79 Å². The van der Waals surface area contributed by atoms with Crippen molar-refractivity contribution >= 4 is 17.6 Å². The minimum Gasteiger partial charge on any atom is -0.336 e. The molecule has 112 valence electrons. The van der Waals surface area contributed by atoms with E-state index in [-0.39, 0.29) is 11.6 Å². The van der Waals surface area contributed by atoms with E-state index >= 15 is 0 Å². The molecule has 1 aromatic rings. The summed E-state index contributed by atoms with van der Waals surface area (Å²) in [5.74, 6) is -0.801. The number of para-hydroxylation sites is 1. The fraction of sp³-hybridized carbons (Fsp3) is 0.500. The zero-order chi connectivity index (χ0) is 14.9. The van der Waals surface area contributed by atoms with Crippen molar-refractivity contribution in [3.63, 3.8) is 0 Å². The molecular formula is C16H19FN2O2. The summed E-state index contributed by atoms with van der Waals surface area (Å²) in [5.41, 5.74) is -0.518. The van der Waals surface area contributed by atoms with E-state index in [1.807, 2.05) is 0 Å². The molecule has 2 aliphatic rings. The number of carbonyl (C=O) groups excluding carboxylic acids is 2. The van der Waals surface area contributed by atoms with E-state index in [0.29, 0.717) is 6.54 Å². The number of urea groups is 1. The Labute approximate surface area is 123 Å². The van der Waals surface area contributed by atoms with Gasteiger partial charge in [-0.2, -0.15) is 0 Å². The molecule has 21 heavy (non-hydrogen) atoms. The Balaban J connectivity index is 1.97. The maximum absolute atomic E-state index is 14.0. The Morgan fingerprint density at radius 3 is 2.38 bits per heavy atom. The van der Waals surface area contributed by atoms with E-state index < -0.39 is 17.3 Å². The molecule has 0 unspecified atom stereocenters. The van der Waals surface area contributed by atoms with Crippen molar-refractivity contribution in [1.29, 1.82) is 0 Å². The molecule has 1 saturated carbocycles. The van der Waals surface area contributed by atoms with Gasteiger partial charge in [-0.1, -0.05) is 37.8 Å². The Morgan fingerprint density at radius 1 is 1.05 bits per heavy atom. The molecular weight excluding hydrogens is 271 g/mol. The minimum absolute atomic E-state index is 0.0447. The maximum atomic E-state index is 14.0. The van der Waals surface area contributed by atoms with Gasteiger partial charge >= 0.3 is 6.03 Å². The van der Waals surface area contributed by atoms with E-state index in [1.54, 1.807) is 12.1 Å². The van der Waals surface area contributed by atoms with E-state index in [4.69, 9.17) is 0 Å². The lowest BCUT2D eigenvalue weighted by atomic mass is 9.77. The summed E-state index contributed by atoms with van der Waals surface area (Å²) in [6.07, 6.45) is 5.71. The normalized spacial score (nSPS) is 22.0. The highest BCUT2D eigenvalue weighted by atomic mass is 19.1. The zero-order valence-electron chi connectivity index (χ0n) is 11.9. The average molecular weight is 290 g/mol. The maximum Gasteiger partial charge on any atom is 0.328 e. The standard InChI is InChI=1S/C16H19FN2O2/c17-12-7-3-4-8-13(12)19-14(20)16(11-18-15(19)21)9-5-1-2-6-10-16/h3-4,7-8H,1-2,5-6,9-11H2,(H,18,21). The molecule has 3 amide bonds. The zero-order valence-corrected chi connectivity index (χ0v) is 11.9. The first kappa shape index (κ1) is 14.0. The van der Waals surface area contributed by atoms with Crippen LogP contribution in [0, 0.1) is 11.2 Å². The molecule has 2 fully saturated rings. The minimum atomic E-state index is -0.563. The average Bonchev–Trinajstić information content (AvgIpc) is 2.72. The molecule has 4 nitrogen and oxygen atoms in total. The van der Waals surface area contributed by atoms with Gasteiger partial charge in [-0.05, 0) is 25.0 Å². The first-order valence-corrected chi connectivity index (χ1v) is 7.51. The van der Waals surface area contributed by atoms with Gasteiger partial charge in [0.15, 0.2) is 0 Å². The van der Waals surface area contributed by atoms with Crippen LogP contribution in [0.3, 0.4) is 0 Å². The highest BCUT2D eigenvalue weighted by Crippen LogP contribution is 2.39. The third-order valence-corrected chi connectivity index (χ3v) is 4.59. The summed E-state index contributed by atoms with van der Waals surface area (Å²) in [4.78, 5) is 26.0. The molecule has 1 saturated heterocycles. The van der Waals surface area contributed by atoms with Crippen molar-refractivity contribution in [2.24, 2.45) is 5.41 Å². The lowest BCUT2D eigenvalue weighted by Crippen LogP contribution is -2.61. The predicted octanol–water partition coefficient (Wildman–Crippen LogP) is 3.22. The van der Waals surface area contributed by atoms with Gasteiger partial charge in [0.25, 0.3) is 0 Å². The molecule has 0 aromatic heterocycles. The van der Waals surface area contributed by atoms with Crippen LogP contribution in [-0.4, -0.2) is 18.5 Å². The Morgan fingerprint density at radius 2 is 1.71 bits per heavy atom. The van der Waals surface area contributed by atoms with Crippen molar-refractivity contribution in [3.8, 4) is 0 Å². The van der Waals surface area contributed by atoms with E-state index in [1.165, 1.54) is 12.1 Å². The van der Waals surface area contributed by atoms with E-state index in [9.17, 15) is 14.0 Å². The number of hydrogen-bond acceptors (Lipinski definition) is 2. The first-order valence-electron chi connectivity index (χ1n) is 7.51. The molecule has 3 rings (SSSR count). The highest BCUT2D eigenvalue weighted by Gasteiger charge is 2.47. The van der Waals surface area contributed by atoms with E-state index in [0.717, 1.165) is 43.4 Å². The molecule has 0 bridgehead atoms. The summed E-state index contributed by atoms with van der Waals surface area (Å²) in [7, 11) is 0. The predicted molar refractivity (Wildman–Crippen MR) is 77.4 cm³/mol. The summed E-state index contributed by atoms with van der Waals surface area (Å²) < 4.78 is 14.0. The van der Waals surface area contributed by atoms with Crippen LogP contribution < -0.4 is 10.2 Å². The lowest BCUT2D eigenvalue weighted by molar-refractivity contribution is -0.129. The van der Waals surface area contributed by atoms with Crippen LogP contribution in [0.5, 0.6) is 0 Å². The van der Waals surface area contributed by atoms with Gasteiger partial charge < -0.3 is 5.32 Å². The second-order valence-electron chi connectivity index (χ2n) is 5.95. The fourth-order valence-corrected chi connectivity index (χ4v) is 3.38. The van der Waals surface area contributed by atoms with Crippen molar-refractivity contribution in [1.82, 2.24) is 5.32 Å². The van der Waals surface area contributed by atoms with Crippen molar-refractivity contribution in [3.05, 3.63) is 30.1 Å². The van der Waals surface area contributed by atoms with Crippen molar-refractivity contribution in [2.75, 3.05) is 11.4 Å². The molecule has 1 N–H and O–H groups in total. The third kappa shape index (κ3) is 2.41. The largest absolute Gasteiger partial charge is 0.336 e. The van der Waals surface area contributed by atoms with Crippen molar-refractivity contribution in [2.45, 2.75) is 38.5 Å². The highest BCUT2D eigenvalue weighted by molar-refractivity contribution is 6.18. The molecule has 5 heteroatoms. The van der Waals surface area contributed by atoms with Gasteiger partial charge in [0.05, 0.1) is 11.1 Å². The molecule has 1 aliphatic heterocycles. The van der Waals surface area contributed by atoms with Crippen molar-refractivity contribution < 1.29 is 14.0 Å². The van der Waals surface area contributed by atoms with Crippen LogP contribution in [0.25, 0.3) is 0 Å². The molecule has 1 spiro atoms. The summed E-state index contributed by atoms with van der Waals surface area (Å²) in [6, 6.07) is 5.40. The van der Waals surface area contributed by atoms with E-state index in [2.05, 4.69) is 5.32 Å². The second kappa shape index (κ2) is 5.47. The van der Waals surface area contributed by atoms with Crippen LogP contribution in [0.1, 0.15) is 38.5 Å². The monoisotopic (exact) mass is 290 g/mol. The number of nitrogens with zero attached hydrogens (tertiary/aromatic N) is 1. The van der Waals surface area contributed by atoms with Crippen LogP contribution in [0.2, 0.25) is 0 Å². The van der Waals surface area contributed by atoms with Crippen LogP contribution in [-0.2, 0) is 4.79 Å². The Kier molecular flexibility index (Phi) is 3.66. The number of rotatable bonds is 1. The second-order valence-corrected chi connectivity index (χ2v) is 5.95. The third-order valence-electron chi connectivity index (χ3n) is 4.59. The smallest absolute Gasteiger partial charge is 0.328 e. The topological polar surface area (TPSA) is 49.4 Å². The summed E-state index contributed by atoms with van der Waals surface area (Å²) in [6.45, 7) is 0.371. The number of amides is 3. The molecule has 1 heterocycles. The molecule has 0 atom stereocenters. The van der Waals surface area contributed by atoms with Crippen LogP contribution >= 0.6 is 0 Å². The molecule has 1 aliphatic carbocycles. The van der Waals surface area contributed by atoms with Gasteiger partial charge in [0.2, 0.25) is 5.91 Å². The quantitative estimate of drug-likeness (QED) is 0.863. The number of benzene rings is 1. The number of anilines is 1. The fourth-order valence-electron chi connectivity index (χ4n) is 3.38. The van der Waals surface area contributed by atoms with Gasteiger partial charge in [0, 0.05) is 6.54 Å². The molecule has 0 radical (unpaired) electrons. The van der Waals surface area contributed by atoms with Gasteiger partial charge in [0.1, 0.15) is 5.82 Å². The number of carbonyl (C=O) groups is 2. The molecule has 1 aromatic carbocycles. The van der Waals surface area contributed by atoms with Gasteiger partial charge in [-0.15, -0.1) is 0 Å². The number of nitrogens with one attached hydrogen (secondary N) is 1. The van der Waals surface area contributed by atoms with Crippen LogP contribution in [0.15, 0.2) is 24.3 Å². The van der Waals surface area contributed by atoms with Crippen LogP contribution in [0.4, 0.5) is 14.9 Å². The van der Waals surface area contributed by atoms with Gasteiger partial charge in [-0.25, -0.2) is 14.1 Å². The first-order chi connectivity index (χ1) is 10.1. The number of imide groups is 1. The SMILES string of the molecule is O=C1NCC2(CCCCCC2)C(=O)N1c1ccccc1F. The summed E-state index contributed by atoms with van der Waals surface area (Å²) >= 11 is 0. The lowest BCUT2D eigenvalue weighted by Gasteiger charge is -2.40.